The molecule has 1 rings (SSSR count). The summed E-state index contributed by atoms with van der Waals surface area (Å²) in [5.74, 6) is -0.951. The molecular formula is C17H22N2O4. The van der Waals surface area contributed by atoms with Gasteiger partial charge in [0.2, 0.25) is 0 Å². The van der Waals surface area contributed by atoms with Crippen LogP contribution < -0.4 is 10.6 Å². The summed E-state index contributed by atoms with van der Waals surface area (Å²) in [5, 5.41) is 0. The van der Waals surface area contributed by atoms with Crippen LogP contribution in [-0.4, -0.2) is 38.2 Å². The molecule has 0 bridgehead atoms. The molecule has 6 nitrogen and oxygen atoms in total. The number of rotatable bonds is 9. The molecular weight excluding hydrogens is 296 g/mol. The minimum atomic E-state index is -0.475. The number of ether oxygens (including phenoxy) is 2. The molecule has 0 unspecified atom stereocenters. The van der Waals surface area contributed by atoms with Crippen LogP contribution in [0.1, 0.15) is 5.56 Å². The Balaban J connectivity index is 2.71. The first-order valence-corrected chi connectivity index (χ1v) is 7.17. The Hall–Kier alpha value is -2.76. The quantitative estimate of drug-likeness (QED) is 0.425. The predicted molar refractivity (Wildman–Crippen MR) is 90.1 cm³/mol. The highest BCUT2D eigenvalue weighted by Crippen LogP contribution is 2.20. The number of hydrogen-bond acceptors (Lipinski definition) is 6. The normalized spacial score (nSPS) is 9.78. The number of benzene rings is 1. The topological polar surface area (TPSA) is 81.9 Å². The number of anilines is 2. The zero-order chi connectivity index (χ0) is 17.2. The minimum Gasteiger partial charge on any atom is -0.461 e. The van der Waals surface area contributed by atoms with Crippen molar-refractivity contribution in [2.24, 2.45) is 0 Å². The lowest BCUT2D eigenvalue weighted by Gasteiger charge is -2.25. The maximum atomic E-state index is 11.1. The van der Waals surface area contributed by atoms with Gasteiger partial charge in [0.25, 0.3) is 0 Å². The minimum absolute atomic E-state index is 0.198. The van der Waals surface area contributed by atoms with Gasteiger partial charge in [0.15, 0.2) is 0 Å². The Labute approximate surface area is 136 Å². The smallest absolute Gasteiger partial charge is 0.330 e. The van der Waals surface area contributed by atoms with Crippen molar-refractivity contribution < 1.29 is 19.1 Å². The van der Waals surface area contributed by atoms with Gasteiger partial charge < -0.3 is 20.1 Å². The van der Waals surface area contributed by atoms with E-state index >= 15 is 0 Å². The third-order valence-corrected chi connectivity index (χ3v) is 3.16. The third kappa shape index (κ3) is 6.25. The van der Waals surface area contributed by atoms with Crippen LogP contribution in [0.15, 0.2) is 43.5 Å². The van der Waals surface area contributed by atoms with Crippen molar-refractivity contribution in [3.63, 3.8) is 0 Å². The average Bonchev–Trinajstić information content (AvgIpc) is 2.55. The van der Waals surface area contributed by atoms with Crippen molar-refractivity contribution in [3.05, 3.63) is 49.1 Å². The first-order chi connectivity index (χ1) is 11.0. The van der Waals surface area contributed by atoms with Crippen molar-refractivity contribution in [2.75, 3.05) is 36.9 Å². The first-order valence-electron chi connectivity index (χ1n) is 7.17. The average molecular weight is 318 g/mol. The van der Waals surface area contributed by atoms with Crippen LogP contribution in [0.2, 0.25) is 0 Å². The number of esters is 2. The van der Waals surface area contributed by atoms with Gasteiger partial charge in [0, 0.05) is 23.5 Å². The monoisotopic (exact) mass is 318 g/mol. The number of nitrogens with two attached hydrogens (primary N) is 1. The van der Waals surface area contributed by atoms with Gasteiger partial charge in [0.1, 0.15) is 13.2 Å². The second-order valence-corrected chi connectivity index (χ2v) is 4.77. The number of carbonyl (C=O) groups excluding carboxylic acids is 2. The fourth-order valence-electron chi connectivity index (χ4n) is 1.86. The number of aryl methyl sites for hydroxylation is 1. The van der Waals surface area contributed by atoms with Crippen molar-refractivity contribution in [2.45, 2.75) is 6.92 Å². The highest BCUT2D eigenvalue weighted by Gasteiger charge is 2.10. The van der Waals surface area contributed by atoms with Gasteiger partial charge in [-0.15, -0.1) is 0 Å². The highest BCUT2D eigenvalue weighted by atomic mass is 16.5. The summed E-state index contributed by atoms with van der Waals surface area (Å²) in [7, 11) is 0. The van der Waals surface area contributed by atoms with E-state index in [2.05, 4.69) is 13.2 Å². The van der Waals surface area contributed by atoms with E-state index in [-0.39, 0.29) is 13.2 Å². The first kappa shape index (κ1) is 18.3. The lowest BCUT2D eigenvalue weighted by Crippen LogP contribution is -2.32. The largest absolute Gasteiger partial charge is 0.461 e. The molecule has 124 valence electrons. The molecule has 2 N–H and O–H groups in total. The SMILES string of the molecule is C=CC(=O)OCCN(CCOC(=O)C=C)c1ccc(N)c(C)c1. The van der Waals surface area contributed by atoms with Crippen LogP contribution in [0, 0.1) is 6.92 Å². The standard InChI is InChI=1S/C17H22N2O4/c1-4-16(20)22-10-8-19(9-11-23-17(21)5-2)14-6-7-15(18)13(3)12-14/h4-7,12H,1-2,8-11,18H2,3H3. The van der Waals surface area contributed by atoms with Gasteiger partial charge in [-0.3, -0.25) is 0 Å². The van der Waals surface area contributed by atoms with Crippen molar-refractivity contribution in [1.29, 1.82) is 0 Å². The Morgan fingerprint density at radius 2 is 1.65 bits per heavy atom. The van der Waals surface area contributed by atoms with E-state index in [0.29, 0.717) is 18.8 Å². The van der Waals surface area contributed by atoms with Crippen LogP contribution in [0.25, 0.3) is 0 Å². The molecule has 6 heteroatoms. The number of carbonyl (C=O) groups is 2. The second-order valence-electron chi connectivity index (χ2n) is 4.77. The van der Waals surface area contributed by atoms with Crippen LogP contribution in [0.3, 0.4) is 0 Å². The van der Waals surface area contributed by atoms with Crippen LogP contribution in [0.4, 0.5) is 11.4 Å². The molecule has 0 aromatic heterocycles. The summed E-state index contributed by atoms with van der Waals surface area (Å²) in [5.41, 5.74) is 8.37. The zero-order valence-corrected chi connectivity index (χ0v) is 13.3. The molecule has 0 aliphatic heterocycles. The maximum absolute atomic E-state index is 11.1. The second kappa shape index (κ2) is 9.30. The zero-order valence-electron chi connectivity index (χ0n) is 13.3. The summed E-state index contributed by atoms with van der Waals surface area (Å²) in [6, 6.07) is 5.61. The summed E-state index contributed by atoms with van der Waals surface area (Å²) in [4.78, 5) is 24.2. The van der Waals surface area contributed by atoms with E-state index in [1.807, 2.05) is 30.0 Å². The molecule has 1 aromatic rings. The Kier molecular flexibility index (Phi) is 7.39. The van der Waals surface area contributed by atoms with E-state index in [9.17, 15) is 9.59 Å². The molecule has 0 aliphatic carbocycles. The molecule has 0 radical (unpaired) electrons. The fraction of sp³-hybridized carbons (Fsp3) is 0.294. The molecule has 0 saturated carbocycles. The molecule has 0 amide bonds. The molecule has 0 heterocycles. The van der Waals surface area contributed by atoms with Crippen LogP contribution >= 0.6 is 0 Å². The molecule has 23 heavy (non-hydrogen) atoms. The van der Waals surface area contributed by atoms with Gasteiger partial charge in [0.05, 0.1) is 13.1 Å². The Bertz CT molecular complexity index is 558. The Morgan fingerprint density at radius 3 is 2.09 bits per heavy atom. The van der Waals surface area contributed by atoms with Gasteiger partial charge >= 0.3 is 11.9 Å². The van der Waals surface area contributed by atoms with Crippen molar-refractivity contribution in [1.82, 2.24) is 0 Å². The van der Waals surface area contributed by atoms with Crippen LogP contribution in [-0.2, 0) is 19.1 Å². The van der Waals surface area contributed by atoms with E-state index in [1.165, 1.54) is 0 Å². The molecule has 0 spiro atoms. The van der Waals surface area contributed by atoms with Gasteiger partial charge in [-0.05, 0) is 30.7 Å². The lowest BCUT2D eigenvalue weighted by molar-refractivity contribution is -0.137. The lowest BCUT2D eigenvalue weighted by atomic mass is 10.1. The van der Waals surface area contributed by atoms with E-state index in [1.54, 1.807) is 0 Å². The number of nitrogen functional groups attached to an aromatic ring is 1. The van der Waals surface area contributed by atoms with E-state index in [0.717, 1.165) is 23.4 Å². The van der Waals surface area contributed by atoms with Gasteiger partial charge in [-0.25, -0.2) is 9.59 Å². The summed E-state index contributed by atoms with van der Waals surface area (Å²) in [6.07, 6.45) is 2.23. The summed E-state index contributed by atoms with van der Waals surface area (Å²) in [6.45, 7) is 9.91. The summed E-state index contributed by atoms with van der Waals surface area (Å²) < 4.78 is 10.00. The van der Waals surface area contributed by atoms with Crippen molar-refractivity contribution >= 4 is 23.3 Å². The summed E-state index contributed by atoms with van der Waals surface area (Å²) >= 11 is 0. The number of hydrogen-bond donors (Lipinski definition) is 1. The van der Waals surface area contributed by atoms with E-state index in [4.69, 9.17) is 15.2 Å². The van der Waals surface area contributed by atoms with Crippen LogP contribution in [0.5, 0.6) is 0 Å². The molecule has 0 saturated heterocycles. The third-order valence-electron chi connectivity index (χ3n) is 3.16. The Morgan fingerprint density at radius 1 is 1.13 bits per heavy atom. The predicted octanol–water partition coefficient (Wildman–Crippen LogP) is 1.84. The van der Waals surface area contributed by atoms with Crippen molar-refractivity contribution in [3.8, 4) is 0 Å². The van der Waals surface area contributed by atoms with Gasteiger partial charge in [-0.2, -0.15) is 0 Å². The molecule has 0 fully saturated rings. The molecule has 0 aliphatic rings. The van der Waals surface area contributed by atoms with E-state index < -0.39 is 11.9 Å². The maximum Gasteiger partial charge on any atom is 0.330 e. The molecule has 0 atom stereocenters. The fourth-order valence-corrected chi connectivity index (χ4v) is 1.86. The molecule has 1 aromatic carbocycles. The van der Waals surface area contributed by atoms with Gasteiger partial charge in [-0.1, -0.05) is 13.2 Å². The number of nitrogens with zero attached hydrogens (tertiary/aromatic N) is 1. The highest BCUT2D eigenvalue weighted by molar-refractivity contribution is 5.81.